The Morgan fingerprint density at radius 3 is 2.29 bits per heavy atom. The highest BCUT2D eigenvalue weighted by Gasteiger charge is 2.40. The molecule has 0 aliphatic carbocycles. The number of hydroxylamine groups is 2. The van der Waals surface area contributed by atoms with Gasteiger partial charge < -0.3 is 0 Å². The molecule has 2 nitrogen and oxygen atoms in total. The van der Waals surface area contributed by atoms with Crippen molar-refractivity contribution >= 4 is 11.6 Å². The van der Waals surface area contributed by atoms with E-state index >= 15 is 0 Å². The van der Waals surface area contributed by atoms with Gasteiger partial charge in [-0.15, -0.1) is 0 Å². The maximum Gasteiger partial charge on any atom is 0.113 e. The molecule has 17 heavy (non-hydrogen) atoms. The average Bonchev–Trinajstić information content (AvgIpc) is 2.62. The molecule has 0 bridgehead atoms. The van der Waals surface area contributed by atoms with Gasteiger partial charge in [0.25, 0.3) is 0 Å². The summed E-state index contributed by atoms with van der Waals surface area (Å²) in [5.41, 5.74) is 1.01. The van der Waals surface area contributed by atoms with Gasteiger partial charge in [-0.25, -0.2) is 0 Å². The van der Waals surface area contributed by atoms with E-state index in [9.17, 15) is 0 Å². The lowest BCUT2D eigenvalue weighted by atomic mass is 9.93. The van der Waals surface area contributed by atoms with E-state index in [4.69, 9.17) is 16.4 Å². The second-order valence-corrected chi connectivity index (χ2v) is 6.29. The third-order valence-electron chi connectivity index (χ3n) is 3.31. The predicted octanol–water partition coefficient (Wildman–Crippen LogP) is 3.99. The minimum absolute atomic E-state index is 0.0458. The van der Waals surface area contributed by atoms with Crippen LogP contribution in [0.15, 0.2) is 24.3 Å². The fourth-order valence-electron chi connectivity index (χ4n) is 2.12. The summed E-state index contributed by atoms with van der Waals surface area (Å²) in [4.78, 5) is 6.13. The van der Waals surface area contributed by atoms with Crippen molar-refractivity contribution in [2.24, 2.45) is 0 Å². The predicted molar refractivity (Wildman–Crippen MR) is 71.0 cm³/mol. The zero-order valence-corrected chi connectivity index (χ0v) is 11.7. The summed E-state index contributed by atoms with van der Waals surface area (Å²) in [6, 6.07) is 7.94. The number of rotatable bonds is 1. The van der Waals surface area contributed by atoms with Crippen LogP contribution in [0, 0.1) is 0 Å². The van der Waals surface area contributed by atoms with Gasteiger partial charge in [0.15, 0.2) is 0 Å². The van der Waals surface area contributed by atoms with Crippen LogP contribution in [-0.4, -0.2) is 17.1 Å². The van der Waals surface area contributed by atoms with Gasteiger partial charge in [-0.1, -0.05) is 23.7 Å². The Hall–Kier alpha value is -0.570. The molecule has 1 aromatic carbocycles. The molecule has 0 spiro atoms. The highest BCUT2D eigenvalue weighted by Crippen LogP contribution is 2.38. The quantitative estimate of drug-likeness (QED) is 0.750. The molecule has 0 aromatic heterocycles. The van der Waals surface area contributed by atoms with Gasteiger partial charge in [-0.2, -0.15) is 5.06 Å². The number of benzene rings is 1. The lowest BCUT2D eigenvalue weighted by Gasteiger charge is -2.33. The monoisotopic (exact) mass is 253 g/mol. The number of hydrogen-bond donors (Lipinski definition) is 0. The second-order valence-electron chi connectivity index (χ2n) is 5.85. The fourth-order valence-corrected chi connectivity index (χ4v) is 2.25. The summed E-state index contributed by atoms with van der Waals surface area (Å²) >= 11 is 5.91. The molecule has 1 aromatic rings. The van der Waals surface area contributed by atoms with E-state index in [1.807, 2.05) is 12.1 Å². The van der Waals surface area contributed by atoms with Crippen LogP contribution in [0.1, 0.15) is 39.7 Å². The maximum absolute atomic E-state index is 6.13. The Morgan fingerprint density at radius 1 is 1.24 bits per heavy atom. The van der Waals surface area contributed by atoms with Gasteiger partial charge >= 0.3 is 0 Å². The molecule has 1 fully saturated rings. The molecule has 3 heteroatoms. The van der Waals surface area contributed by atoms with Crippen LogP contribution in [0.2, 0.25) is 5.02 Å². The first-order valence-electron chi connectivity index (χ1n) is 6.04. The molecule has 94 valence electrons. The van der Waals surface area contributed by atoms with Gasteiger partial charge in [-0.05, 0) is 51.8 Å². The Kier molecular flexibility index (Phi) is 3.23. The third-order valence-corrected chi connectivity index (χ3v) is 3.56. The van der Waals surface area contributed by atoms with Gasteiger partial charge in [0.2, 0.25) is 0 Å². The van der Waals surface area contributed by atoms with E-state index < -0.39 is 0 Å². The van der Waals surface area contributed by atoms with Gasteiger partial charge in [0.05, 0.1) is 0 Å². The molecule has 1 aliphatic heterocycles. The van der Waals surface area contributed by atoms with Crippen molar-refractivity contribution in [1.82, 2.24) is 5.06 Å². The first-order chi connectivity index (χ1) is 7.81. The largest absolute Gasteiger partial charge is 0.287 e. The molecular weight excluding hydrogens is 234 g/mol. The molecule has 0 N–H and O–H groups in total. The van der Waals surface area contributed by atoms with E-state index in [0.29, 0.717) is 0 Å². The van der Waals surface area contributed by atoms with Crippen molar-refractivity contribution in [3.63, 3.8) is 0 Å². The Balaban J connectivity index is 2.19. The summed E-state index contributed by atoms with van der Waals surface area (Å²) in [6.07, 6.45) is 1.01. The zero-order valence-electron chi connectivity index (χ0n) is 11.0. The normalized spacial score (nSPS) is 26.4. The number of halogens is 1. The third kappa shape index (κ3) is 2.65. The summed E-state index contributed by atoms with van der Waals surface area (Å²) < 4.78 is 0. The fraction of sp³-hybridized carbons (Fsp3) is 0.571. The molecule has 0 radical (unpaired) electrons. The molecular formula is C14H20ClNO. The Bertz CT molecular complexity index is 396. The van der Waals surface area contributed by atoms with Crippen LogP contribution in [0.25, 0.3) is 0 Å². The van der Waals surface area contributed by atoms with Crippen LogP contribution in [0.5, 0.6) is 0 Å². The Morgan fingerprint density at radius 2 is 1.82 bits per heavy atom. The summed E-state index contributed by atoms with van der Waals surface area (Å²) in [6.45, 7) is 9.60. The average molecular weight is 254 g/mol. The molecule has 1 aliphatic rings. The number of nitrogens with zero attached hydrogens (tertiary/aromatic N) is 1. The second kappa shape index (κ2) is 4.27. The summed E-state index contributed by atoms with van der Waals surface area (Å²) in [7, 11) is 0. The van der Waals surface area contributed by atoms with E-state index in [-0.39, 0.29) is 11.1 Å². The van der Waals surface area contributed by atoms with Crippen LogP contribution in [0.4, 0.5) is 0 Å². The van der Waals surface area contributed by atoms with Crippen LogP contribution in [-0.2, 0) is 10.4 Å². The van der Waals surface area contributed by atoms with Crippen molar-refractivity contribution in [1.29, 1.82) is 0 Å². The summed E-state index contributed by atoms with van der Waals surface area (Å²) in [5.74, 6) is 0. The smallest absolute Gasteiger partial charge is 0.113 e. The molecule has 0 amide bonds. The zero-order chi connectivity index (χ0) is 12.7. The van der Waals surface area contributed by atoms with E-state index in [2.05, 4.69) is 44.9 Å². The van der Waals surface area contributed by atoms with Crippen molar-refractivity contribution in [3.8, 4) is 0 Å². The van der Waals surface area contributed by atoms with Gasteiger partial charge in [0, 0.05) is 17.1 Å². The SMILES string of the molecule is CC1(c2ccc(Cl)cc2)CCN(C(C)(C)C)O1. The molecule has 1 saturated heterocycles. The van der Waals surface area contributed by atoms with Crippen molar-refractivity contribution in [3.05, 3.63) is 34.9 Å². The van der Waals surface area contributed by atoms with Gasteiger partial charge in [0.1, 0.15) is 5.60 Å². The van der Waals surface area contributed by atoms with E-state index in [0.717, 1.165) is 18.0 Å². The van der Waals surface area contributed by atoms with Crippen molar-refractivity contribution in [2.75, 3.05) is 6.54 Å². The minimum Gasteiger partial charge on any atom is -0.287 e. The first-order valence-corrected chi connectivity index (χ1v) is 6.42. The Labute approximate surface area is 108 Å². The minimum atomic E-state index is -0.224. The van der Waals surface area contributed by atoms with E-state index in [1.165, 1.54) is 5.56 Å². The lowest BCUT2D eigenvalue weighted by molar-refractivity contribution is -0.232. The van der Waals surface area contributed by atoms with Crippen LogP contribution < -0.4 is 0 Å². The molecule has 2 rings (SSSR count). The van der Waals surface area contributed by atoms with Crippen molar-refractivity contribution in [2.45, 2.75) is 45.3 Å². The first kappa shape index (κ1) is 12.9. The molecule has 1 atom stereocenters. The van der Waals surface area contributed by atoms with Crippen LogP contribution >= 0.6 is 11.6 Å². The molecule has 1 heterocycles. The highest BCUT2D eigenvalue weighted by atomic mass is 35.5. The maximum atomic E-state index is 6.13. The summed E-state index contributed by atoms with van der Waals surface area (Å²) in [5, 5.41) is 2.84. The standard InChI is InChI=1S/C14H20ClNO/c1-13(2,3)16-10-9-14(4,17-16)11-5-7-12(15)8-6-11/h5-8H,9-10H2,1-4H3. The highest BCUT2D eigenvalue weighted by molar-refractivity contribution is 6.30. The topological polar surface area (TPSA) is 12.5 Å². The van der Waals surface area contributed by atoms with Crippen LogP contribution in [0.3, 0.4) is 0 Å². The number of hydrogen-bond acceptors (Lipinski definition) is 2. The van der Waals surface area contributed by atoms with Gasteiger partial charge in [-0.3, -0.25) is 4.84 Å². The van der Waals surface area contributed by atoms with Crippen molar-refractivity contribution < 1.29 is 4.84 Å². The lowest BCUT2D eigenvalue weighted by Crippen LogP contribution is -2.39. The molecule has 0 saturated carbocycles. The molecule has 1 unspecified atom stereocenters. The van der Waals surface area contributed by atoms with E-state index in [1.54, 1.807) is 0 Å².